The molecule has 0 saturated carbocycles. The fraction of sp³-hybridized carbons (Fsp3) is 0.0625. The average molecular weight is 293 g/mol. The zero-order valence-electron chi connectivity index (χ0n) is 11.3. The number of benzene rings is 1. The zero-order valence-corrected chi connectivity index (χ0v) is 12.1. The molecule has 0 amide bonds. The summed E-state index contributed by atoms with van der Waals surface area (Å²) in [6.07, 6.45) is 1.74. The van der Waals surface area contributed by atoms with Gasteiger partial charge >= 0.3 is 0 Å². The van der Waals surface area contributed by atoms with Crippen LogP contribution in [0.25, 0.3) is 23.0 Å². The molecule has 0 N–H and O–H groups in total. The lowest BCUT2D eigenvalue weighted by atomic mass is 10.1. The predicted molar refractivity (Wildman–Crippen MR) is 82.3 cm³/mol. The van der Waals surface area contributed by atoms with E-state index in [2.05, 4.69) is 16.2 Å². The first-order valence-electron chi connectivity index (χ1n) is 6.31. The highest BCUT2D eigenvalue weighted by Crippen LogP contribution is 2.21. The van der Waals surface area contributed by atoms with Gasteiger partial charge in [0.05, 0.1) is 0 Å². The summed E-state index contributed by atoms with van der Waals surface area (Å²) in [5.41, 5.74) is 3.34. The molecular formula is C16H11N3OS. The number of thiophene rings is 1. The Kier molecular flexibility index (Phi) is 3.63. The minimum Gasteiger partial charge on any atom is -0.333 e. The van der Waals surface area contributed by atoms with Crippen molar-refractivity contribution in [2.75, 3.05) is 0 Å². The molecule has 1 aromatic carbocycles. The predicted octanol–water partition coefficient (Wildman–Crippen LogP) is 4.17. The summed E-state index contributed by atoms with van der Waals surface area (Å²) in [7, 11) is 0. The number of rotatable bonds is 3. The van der Waals surface area contributed by atoms with E-state index >= 15 is 0 Å². The molecule has 0 spiro atoms. The third-order valence-corrected chi connectivity index (χ3v) is 3.64. The van der Waals surface area contributed by atoms with Crippen LogP contribution in [0.2, 0.25) is 0 Å². The number of nitrogens with zero attached hydrogens (tertiary/aromatic N) is 3. The zero-order chi connectivity index (χ0) is 14.7. The maximum absolute atomic E-state index is 9.25. The standard InChI is InChI=1S/C16H11N3OS/c1-11-2-4-13(5-3-11)15-18-16(20-19-15)14(9-17)8-12-6-7-21-10-12/h2-8,10H,1H3/b14-8+. The lowest BCUT2D eigenvalue weighted by Gasteiger charge is -1.94. The molecule has 0 aliphatic carbocycles. The molecule has 0 radical (unpaired) electrons. The maximum Gasteiger partial charge on any atom is 0.268 e. The van der Waals surface area contributed by atoms with Gasteiger partial charge in [-0.1, -0.05) is 35.0 Å². The molecule has 0 aliphatic heterocycles. The van der Waals surface area contributed by atoms with Gasteiger partial charge in [0.1, 0.15) is 11.6 Å². The van der Waals surface area contributed by atoms with Crippen molar-refractivity contribution in [2.45, 2.75) is 6.92 Å². The van der Waals surface area contributed by atoms with Gasteiger partial charge < -0.3 is 4.52 Å². The highest BCUT2D eigenvalue weighted by atomic mass is 32.1. The summed E-state index contributed by atoms with van der Waals surface area (Å²) in [6.45, 7) is 2.02. The van der Waals surface area contributed by atoms with Crippen LogP contribution in [-0.2, 0) is 0 Å². The molecule has 0 unspecified atom stereocenters. The van der Waals surface area contributed by atoms with Gasteiger partial charge in [0.15, 0.2) is 0 Å². The topological polar surface area (TPSA) is 62.7 Å². The van der Waals surface area contributed by atoms with Crippen LogP contribution >= 0.6 is 11.3 Å². The highest BCUT2D eigenvalue weighted by molar-refractivity contribution is 7.08. The van der Waals surface area contributed by atoms with E-state index in [0.29, 0.717) is 11.4 Å². The van der Waals surface area contributed by atoms with Gasteiger partial charge in [-0.2, -0.15) is 21.6 Å². The number of nitriles is 1. The molecule has 2 aromatic heterocycles. The molecule has 0 bridgehead atoms. The van der Waals surface area contributed by atoms with Crippen molar-refractivity contribution >= 4 is 23.0 Å². The van der Waals surface area contributed by atoms with E-state index in [4.69, 9.17) is 4.52 Å². The van der Waals surface area contributed by atoms with Crippen molar-refractivity contribution < 1.29 is 4.52 Å². The molecule has 5 heteroatoms. The number of aromatic nitrogens is 2. The quantitative estimate of drug-likeness (QED) is 0.680. The summed E-state index contributed by atoms with van der Waals surface area (Å²) >= 11 is 1.57. The summed E-state index contributed by atoms with van der Waals surface area (Å²) in [5, 5.41) is 17.1. The third kappa shape index (κ3) is 2.91. The first kappa shape index (κ1) is 13.3. The molecule has 3 aromatic rings. The lowest BCUT2D eigenvalue weighted by molar-refractivity contribution is 0.409. The Bertz CT molecular complexity index is 808. The first-order chi connectivity index (χ1) is 10.3. The third-order valence-electron chi connectivity index (χ3n) is 2.94. The minimum atomic E-state index is 0.235. The van der Waals surface area contributed by atoms with Crippen LogP contribution in [-0.4, -0.2) is 10.1 Å². The minimum absolute atomic E-state index is 0.235. The normalized spacial score (nSPS) is 11.3. The second-order valence-corrected chi connectivity index (χ2v) is 5.30. The SMILES string of the molecule is Cc1ccc(-c2noc(/C(C#N)=C/c3ccsc3)n2)cc1. The van der Waals surface area contributed by atoms with E-state index in [1.54, 1.807) is 17.4 Å². The van der Waals surface area contributed by atoms with Gasteiger partial charge in [-0.05, 0) is 35.4 Å². The number of hydrogen-bond donors (Lipinski definition) is 0. The summed E-state index contributed by atoms with van der Waals surface area (Å²) in [5.74, 6) is 0.718. The van der Waals surface area contributed by atoms with Crippen molar-refractivity contribution in [3.8, 4) is 17.5 Å². The van der Waals surface area contributed by atoms with Crippen LogP contribution in [0.3, 0.4) is 0 Å². The Hall–Kier alpha value is -2.71. The fourth-order valence-electron chi connectivity index (χ4n) is 1.82. The Morgan fingerprint density at radius 2 is 2.10 bits per heavy atom. The van der Waals surface area contributed by atoms with Crippen molar-refractivity contribution in [1.29, 1.82) is 5.26 Å². The van der Waals surface area contributed by atoms with Gasteiger partial charge in [0.25, 0.3) is 5.89 Å². The summed E-state index contributed by atoms with van der Waals surface area (Å²) < 4.78 is 5.20. The second-order valence-electron chi connectivity index (χ2n) is 4.52. The van der Waals surface area contributed by atoms with Crippen LogP contribution in [0.15, 0.2) is 45.6 Å². The van der Waals surface area contributed by atoms with Gasteiger partial charge in [-0.25, -0.2) is 0 Å². The lowest BCUT2D eigenvalue weighted by Crippen LogP contribution is -1.83. The van der Waals surface area contributed by atoms with Crippen LogP contribution in [0.4, 0.5) is 0 Å². The van der Waals surface area contributed by atoms with E-state index in [1.165, 1.54) is 0 Å². The smallest absolute Gasteiger partial charge is 0.268 e. The van der Waals surface area contributed by atoms with Crippen molar-refractivity contribution in [3.05, 3.63) is 58.1 Å². The molecule has 0 aliphatic rings. The van der Waals surface area contributed by atoms with Crippen molar-refractivity contribution in [3.63, 3.8) is 0 Å². The van der Waals surface area contributed by atoms with Crippen LogP contribution in [0, 0.1) is 18.3 Å². The average Bonchev–Trinajstić information content (AvgIpc) is 3.17. The van der Waals surface area contributed by atoms with E-state index in [1.807, 2.05) is 48.0 Å². The van der Waals surface area contributed by atoms with Gasteiger partial charge in [-0.3, -0.25) is 0 Å². The summed E-state index contributed by atoms with van der Waals surface area (Å²) in [6, 6.07) is 11.9. The molecule has 0 saturated heterocycles. The van der Waals surface area contributed by atoms with Gasteiger partial charge in [-0.15, -0.1) is 0 Å². The van der Waals surface area contributed by atoms with E-state index in [0.717, 1.165) is 16.7 Å². The van der Waals surface area contributed by atoms with Crippen LogP contribution in [0.5, 0.6) is 0 Å². The fourth-order valence-corrected chi connectivity index (χ4v) is 2.44. The van der Waals surface area contributed by atoms with E-state index in [9.17, 15) is 5.26 Å². The first-order valence-corrected chi connectivity index (χ1v) is 7.25. The molecule has 0 atom stereocenters. The van der Waals surface area contributed by atoms with Crippen LogP contribution in [0.1, 0.15) is 17.0 Å². The Morgan fingerprint density at radius 3 is 2.76 bits per heavy atom. The maximum atomic E-state index is 9.25. The molecule has 21 heavy (non-hydrogen) atoms. The van der Waals surface area contributed by atoms with E-state index in [-0.39, 0.29) is 5.89 Å². The number of allylic oxidation sites excluding steroid dienone is 1. The Morgan fingerprint density at radius 1 is 1.29 bits per heavy atom. The molecule has 2 heterocycles. The molecule has 0 fully saturated rings. The number of aryl methyl sites for hydroxylation is 1. The number of hydrogen-bond acceptors (Lipinski definition) is 5. The van der Waals surface area contributed by atoms with Crippen molar-refractivity contribution in [1.82, 2.24) is 10.1 Å². The molecular weight excluding hydrogens is 282 g/mol. The van der Waals surface area contributed by atoms with E-state index < -0.39 is 0 Å². The highest BCUT2D eigenvalue weighted by Gasteiger charge is 2.12. The van der Waals surface area contributed by atoms with Gasteiger partial charge in [0, 0.05) is 5.56 Å². The van der Waals surface area contributed by atoms with Crippen molar-refractivity contribution in [2.24, 2.45) is 0 Å². The largest absolute Gasteiger partial charge is 0.333 e. The summed E-state index contributed by atoms with van der Waals surface area (Å²) in [4.78, 5) is 4.30. The van der Waals surface area contributed by atoms with Crippen LogP contribution < -0.4 is 0 Å². The Balaban J connectivity index is 1.94. The van der Waals surface area contributed by atoms with Gasteiger partial charge in [0.2, 0.25) is 5.82 Å². The molecule has 102 valence electrons. The Labute approximate surface area is 126 Å². The molecule has 4 nitrogen and oxygen atoms in total. The monoisotopic (exact) mass is 293 g/mol. The molecule has 3 rings (SSSR count). The second kappa shape index (κ2) is 5.73.